The highest BCUT2D eigenvalue weighted by molar-refractivity contribution is 7.89. The second-order valence-electron chi connectivity index (χ2n) is 5.67. The Morgan fingerprint density at radius 1 is 1.35 bits per heavy atom. The fourth-order valence-electron chi connectivity index (χ4n) is 1.56. The maximum atomic E-state index is 13.4. The first-order chi connectivity index (χ1) is 8.95. The summed E-state index contributed by atoms with van der Waals surface area (Å²) in [6, 6.07) is 2.13. The van der Waals surface area contributed by atoms with Crippen molar-refractivity contribution in [3.63, 3.8) is 0 Å². The van der Waals surface area contributed by atoms with Crippen LogP contribution in [0.2, 0.25) is 0 Å². The van der Waals surface area contributed by atoms with Gasteiger partial charge in [-0.3, -0.25) is 4.79 Å². The van der Waals surface area contributed by atoms with Gasteiger partial charge in [-0.25, -0.2) is 12.8 Å². The van der Waals surface area contributed by atoms with Crippen molar-refractivity contribution in [1.82, 2.24) is 4.72 Å². The van der Waals surface area contributed by atoms with Gasteiger partial charge in [-0.05, 0) is 30.0 Å². The minimum atomic E-state index is -4.10. The van der Waals surface area contributed by atoms with Crippen LogP contribution in [0.3, 0.4) is 0 Å². The van der Waals surface area contributed by atoms with Crippen molar-refractivity contribution in [3.8, 4) is 0 Å². The number of hydrogen-bond donors (Lipinski definition) is 2. The summed E-state index contributed by atoms with van der Waals surface area (Å²) < 4.78 is 39.8. The molecule has 0 saturated heterocycles. The van der Waals surface area contributed by atoms with Crippen LogP contribution in [-0.2, 0) is 14.8 Å². The van der Waals surface area contributed by atoms with E-state index in [0.717, 1.165) is 6.07 Å². The van der Waals surface area contributed by atoms with Crippen molar-refractivity contribution in [3.05, 3.63) is 29.6 Å². The van der Waals surface area contributed by atoms with Crippen molar-refractivity contribution in [2.45, 2.75) is 38.6 Å². The standard InChI is InChI=1S/C13H18FNO4S/c1-8-5-6-9(7-10(8)14)20(18,19)15-11(12(16)17)13(2,3)4/h5-7,11,15H,1-4H3,(H,16,17)/t11-/m0/s1. The average molecular weight is 303 g/mol. The molecule has 20 heavy (non-hydrogen) atoms. The van der Waals surface area contributed by atoms with Gasteiger partial charge in [0.25, 0.3) is 0 Å². The van der Waals surface area contributed by atoms with Crippen LogP contribution in [0.25, 0.3) is 0 Å². The highest BCUT2D eigenvalue weighted by Gasteiger charge is 2.35. The molecule has 0 aliphatic rings. The number of sulfonamides is 1. The molecule has 0 aliphatic heterocycles. The Morgan fingerprint density at radius 3 is 2.30 bits per heavy atom. The molecule has 1 aromatic carbocycles. The molecule has 0 amide bonds. The minimum Gasteiger partial charge on any atom is -0.480 e. The number of carbonyl (C=O) groups is 1. The molecule has 0 aromatic heterocycles. The fourth-order valence-corrected chi connectivity index (χ4v) is 2.97. The molecule has 112 valence electrons. The topological polar surface area (TPSA) is 83.5 Å². The van der Waals surface area contributed by atoms with Crippen LogP contribution in [-0.4, -0.2) is 25.5 Å². The van der Waals surface area contributed by atoms with Gasteiger partial charge in [0.15, 0.2) is 0 Å². The Hall–Kier alpha value is -1.47. The summed E-state index contributed by atoms with van der Waals surface area (Å²) in [5, 5.41) is 9.12. The molecule has 2 N–H and O–H groups in total. The van der Waals surface area contributed by atoms with Crippen LogP contribution in [0.15, 0.2) is 23.1 Å². The summed E-state index contributed by atoms with van der Waals surface area (Å²) in [5.74, 6) is -1.94. The van der Waals surface area contributed by atoms with Crippen molar-refractivity contribution in [1.29, 1.82) is 0 Å². The number of hydrogen-bond acceptors (Lipinski definition) is 3. The van der Waals surface area contributed by atoms with E-state index in [2.05, 4.69) is 4.72 Å². The van der Waals surface area contributed by atoms with Gasteiger partial charge in [0.05, 0.1) is 4.90 Å². The van der Waals surface area contributed by atoms with Crippen molar-refractivity contribution in [2.75, 3.05) is 0 Å². The summed E-state index contributed by atoms with van der Waals surface area (Å²) in [7, 11) is -4.10. The van der Waals surface area contributed by atoms with Gasteiger partial charge in [-0.1, -0.05) is 26.8 Å². The van der Waals surface area contributed by atoms with E-state index in [9.17, 15) is 17.6 Å². The minimum absolute atomic E-state index is 0.295. The monoisotopic (exact) mass is 303 g/mol. The molecule has 0 bridgehead atoms. The Bertz CT molecular complexity index is 620. The zero-order chi connectivity index (χ0) is 15.7. The quantitative estimate of drug-likeness (QED) is 0.890. The molecule has 0 aliphatic carbocycles. The van der Waals surface area contributed by atoms with Crippen molar-refractivity contribution in [2.24, 2.45) is 5.41 Å². The van der Waals surface area contributed by atoms with Gasteiger partial charge in [-0.15, -0.1) is 0 Å². The fraction of sp³-hybridized carbons (Fsp3) is 0.462. The third-order valence-electron chi connectivity index (χ3n) is 2.84. The smallest absolute Gasteiger partial charge is 0.322 e. The maximum absolute atomic E-state index is 13.4. The van der Waals surface area contributed by atoms with E-state index in [1.54, 1.807) is 20.8 Å². The molecule has 1 atom stereocenters. The molecule has 0 heterocycles. The predicted octanol–water partition coefficient (Wildman–Crippen LogP) is 1.91. The number of carboxylic acids is 1. The molecular weight excluding hydrogens is 285 g/mol. The van der Waals surface area contributed by atoms with Crippen molar-refractivity contribution >= 4 is 16.0 Å². The van der Waals surface area contributed by atoms with Crippen LogP contribution in [0.5, 0.6) is 0 Å². The molecule has 7 heteroatoms. The second kappa shape index (κ2) is 5.49. The SMILES string of the molecule is Cc1ccc(S(=O)(=O)N[C@@H](C(=O)O)C(C)(C)C)cc1F. The first kappa shape index (κ1) is 16.6. The lowest BCUT2D eigenvalue weighted by atomic mass is 9.88. The number of carboxylic acid groups (broad SMARTS) is 1. The molecule has 1 rings (SSSR count). The second-order valence-corrected chi connectivity index (χ2v) is 7.38. The number of nitrogens with one attached hydrogen (secondary N) is 1. The Kier molecular flexibility index (Phi) is 4.55. The van der Waals surface area contributed by atoms with E-state index in [1.165, 1.54) is 19.1 Å². The predicted molar refractivity (Wildman–Crippen MR) is 72.3 cm³/mol. The first-order valence-corrected chi connectivity index (χ1v) is 7.45. The van der Waals surface area contributed by atoms with Crippen LogP contribution >= 0.6 is 0 Å². The molecule has 0 fully saturated rings. The summed E-state index contributed by atoms with van der Waals surface area (Å²) >= 11 is 0. The number of benzene rings is 1. The summed E-state index contributed by atoms with van der Waals surface area (Å²) in [4.78, 5) is 10.9. The summed E-state index contributed by atoms with van der Waals surface area (Å²) in [5.41, 5.74) is -0.503. The molecule has 5 nitrogen and oxygen atoms in total. The average Bonchev–Trinajstić information content (AvgIpc) is 2.27. The van der Waals surface area contributed by atoms with E-state index in [-0.39, 0.29) is 4.90 Å². The normalized spacial score (nSPS) is 14.1. The summed E-state index contributed by atoms with van der Waals surface area (Å²) in [6.45, 7) is 6.31. The van der Waals surface area contributed by atoms with E-state index in [1.807, 2.05) is 0 Å². The van der Waals surface area contributed by atoms with E-state index < -0.39 is 33.3 Å². The van der Waals surface area contributed by atoms with Gasteiger partial charge in [0.1, 0.15) is 11.9 Å². The molecule has 0 unspecified atom stereocenters. The molecular formula is C13H18FNO4S. The van der Waals surface area contributed by atoms with Gasteiger partial charge in [0, 0.05) is 0 Å². The summed E-state index contributed by atoms with van der Waals surface area (Å²) in [6.07, 6.45) is 0. The maximum Gasteiger partial charge on any atom is 0.322 e. The lowest BCUT2D eigenvalue weighted by molar-refractivity contribution is -0.141. The van der Waals surface area contributed by atoms with E-state index in [0.29, 0.717) is 5.56 Å². The van der Waals surface area contributed by atoms with Crippen molar-refractivity contribution < 1.29 is 22.7 Å². The third-order valence-corrected chi connectivity index (χ3v) is 4.26. The largest absolute Gasteiger partial charge is 0.480 e. The Morgan fingerprint density at radius 2 is 1.90 bits per heavy atom. The zero-order valence-electron chi connectivity index (χ0n) is 11.8. The lowest BCUT2D eigenvalue weighted by Crippen LogP contribution is -2.48. The third kappa shape index (κ3) is 3.77. The van der Waals surface area contributed by atoms with Gasteiger partial charge in [-0.2, -0.15) is 4.72 Å². The van der Waals surface area contributed by atoms with Gasteiger partial charge in [0.2, 0.25) is 10.0 Å². The van der Waals surface area contributed by atoms with Gasteiger partial charge < -0.3 is 5.11 Å². The first-order valence-electron chi connectivity index (χ1n) is 5.96. The van der Waals surface area contributed by atoms with Crippen LogP contribution in [0.4, 0.5) is 4.39 Å². The van der Waals surface area contributed by atoms with E-state index in [4.69, 9.17) is 5.11 Å². The lowest BCUT2D eigenvalue weighted by Gasteiger charge is -2.27. The van der Waals surface area contributed by atoms with Crippen LogP contribution in [0.1, 0.15) is 26.3 Å². The highest BCUT2D eigenvalue weighted by Crippen LogP contribution is 2.22. The van der Waals surface area contributed by atoms with E-state index >= 15 is 0 Å². The number of aliphatic carboxylic acids is 1. The Balaban J connectivity index is 3.16. The molecule has 1 aromatic rings. The number of aryl methyl sites for hydroxylation is 1. The molecule has 0 radical (unpaired) electrons. The molecule has 0 saturated carbocycles. The zero-order valence-corrected chi connectivity index (χ0v) is 12.6. The number of halogens is 1. The Labute approximate surface area is 117 Å². The van der Waals surface area contributed by atoms with Gasteiger partial charge >= 0.3 is 5.97 Å². The van der Waals surface area contributed by atoms with Crippen LogP contribution < -0.4 is 4.72 Å². The molecule has 0 spiro atoms. The number of rotatable bonds is 4. The van der Waals surface area contributed by atoms with Crippen LogP contribution in [0, 0.1) is 18.2 Å². The highest BCUT2D eigenvalue weighted by atomic mass is 32.2.